The summed E-state index contributed by atoms with van der Waals surface area (Å²) in [6.07, 6.45) is 5.44. The molecular formula is C8H8N2O2. The monoisotopic (exact) mass is 164 g/mol. The summed E-state index contributed by atoms with van der Waals surface area (Å²) in [4.78, 5) is 21.7. The second-order valence-electron chi connectivity index (χ2n) is 2.25. The molecule has 0 aromatic carbocycles. The van der Waals surface area contributed by atoms with Gasteiger partial charge in [0.2, 0.25) is 0 Å². The lowest BCUT2D eigenvalue weighted by molar-refractivity contribution is 0.581. The van der Waals surface area contributed by atoms with Crippen molar-refractivity contribution in [3.05, 3.63) is 32.8 Å². The maximum absolute atomic E-state index is 11.0. The average molecular weight is 164 g/mol. The molecule has 1 N–H and O–H groups in total. The van der Waals surface area contributed by atoms with Crippen LogP contribution in [0.2, 0.25) is 0 Å². The van der Waals surface area contributed by atoms with Crippen molar-refractivity contribution in [2.45, 2.75) is 13.0 Å². The first-order valence-electron chi connectivity index (χ1n) is 3.47. The van der Waals surface area contributed by atoms with E-state index in [1.165, 1.54) is 16.8 Å². The summed E-state index contributed by atoms with van der Waals surface area (Å²) < 4.78 is 1.20. The Morgan fingerprint density at radius 3 is 2.92 bits per heavy atom. The van der Waals surface area contributed by atoms with E-state index >= 15 is 0 Å². The number of terminal acetylenes is 1. The Balaban J connectivity index is 3.00. The van der Waals surface area contributed by atoms with Crippen LogP contribution in [0, 0.1) is 12.3 Å². The van der Waals surface area contributed by atoms with Crippen molar-refractivity contribution in [1.29, 1.82) is 0 Å². The lowest BCUT2D eigenvalue weighted by Gasteiger charge is -1.99. The van der Waals surface area contributed by atoms with Crippen LogP contribution >= 0.6 is 0 Å². The SMILES string of the molecule is C#CCCn1[nH]c(=O)ccc1=O. The first-order valence-corrected chi connectivity index (χ1v) is 3.47. The number of hydrogen-bond acceptors (Lipinski definition) is 2. The van der Waals surface area contributed by atoms with Gasteiger partial charge in [-0.05, 0) is 0 Å². The van der Waals surface area contributed by atoms with E-state index in [0.29, 0.717) is 13.0 Å². The Morgan fingerprint density at radius 2 is 2.25 bits per heavy atom. The highest BCUT2D eigenvalue weighted by molar-refractivity contribution is 4.88. The number of nitrogens with one attached hydrogen (secondary N) is 1. The van der Waals surface area contributed by atoms with E-state index in [1.54, 1.807) is 0 Å². The molecule has 4 nitrogen and oxygen atoms in total. The number of H-pyrrole nitrogens is 1. The van der Waals surface area contributed by atoms with Crippen molar-refractivity contribution >= 4 is 0 Å². The fourth-order valence-electron chi connectivity index (χ4n) is 0.805. The number of aromatic nitrogens is 2. The summed E-state index contributed by atoms with van der Waals surface area (Å²) in [5, 5.41) is 2.36. The molecule has 0 radical (unpaired) electrons. The van der Waals surface area contributed by atoms with Crippen LogP contribution in [-0.2, 0) is 6.54 Å². The summed E-state index contributed by atoms with van der Waals surface area (Å²) in [7, 11) is 0. The second kappa shape index (κ2) is 3.58. The van der Waals surface area contributed by atoms with Crippen LogP contribution in [0.5, 0.6) is 0 Å². The average Bonchev–Trinajstić information content (AvgIpc) is 2.07. The molecule has 12 heavy (non-hydrogen) atoms. The third-order valence-electron chi connectivity index (χ3n) is 1.37. The van der Waals surface area contributed by atoms with Gasteiger partial charge in [0, 0.05) is 18.6 Å². The molecular weight excluding hydrogens is 156 g/mol. The molecule has 1 heterocycles. The summed E-state index contributed by atoms with van der Waals surface area (Å²) in [5.74, 6) is 2.38. The number of aryl methyl sites for hydroxylation is 1. The van der Waals surface area contributed by atoms with Crippen molar-refractivity contribution in [3.63, 3.8) is 0 Å². The molecule has 1 rings (SSSR count). The molecule has 1 aromatic rings. The lowest BCUT2D eigenvalue weighted by atomic mass is 10.4. The summed E-state index contributed by atoms with van der Waals surface area (Å²) >= 11 is 0. The van der Waals surface area contributed by atoms with Gasteiger partial charge in [0.15, 0.2) is 0 Å². The van der Waals surface area contributed by atoms with E-state index in [-0.39, 0.29) is 11.1 Å². The normalized spacial score (nSPS) is 9.25. The van der Waals surface area contributed by atoms with Crippen LogP contribution in [0.3, 0.4) is 0 Å². The van der Waals surface area contributed by atoms with E-state index in [1.807, 2.05) is 0 Å². The fourth-order valence-corrected chi connectivity index (χ4v) is 0.805. The highest BCUT2D eigenvalue weighted by Crippen LogP contribution is 1.77. The predicted octanol–water partition coefficient (Wildman–Crippen LogP) is -0.440. The van der Waals surface area contributed by atoms with Gasteiger partial charge < -0.3 is 0 Å². The Bertz CT molecular complexity index is 408. The summed E-state index contributed by atoms with van der Waals surface area (Å²) in [6, 6.07) is 2.41. The van der Waals surface area contributed by atoms with Crippen molar-refractivity contribution in [2.24, 2.45) is 0 Å². The van der Waals surface area contributed by atoms with Crippen LogP contribution in [-0.4, -0.2) is 9.78 Å². The van der Waals surface area contributed by atoms with Crippen LogP contribution in [0.25, 0.3) is 0 Å². The zero-order valence-corrected chi connectivity index (χ0v) is 6.41. The van der Waals surface area contributed by atoms with Gasteiger partial charge >= 0.3 is 0 Å². The van der Waals surface area contributed by atoms with Gasteiger partial charge in [-0.2, -0.15) is 0 Å². The van der Waals surface area contributed by atoms with Crippen molar-refractivity contribution in [3.8, 4) is 12.3 Å². The maximum atomic E-state index is 11.0. The number of hydrogen-bond donors (Lipinski definition) is 1. The molecule has 0 bridgehead atoms. The Labute approximate surface area is 68.8 Å². The molecule has 0 spiro atoms. The zero-order chi connectivity index (χ0) is 8.97. The molecule has 0 unspecified atom stereocenters. The minimum absolute atomic E-state index is 0.246. The van der Waals surface area contributed by atoms with Gasteiger partial charge in [0.25, 0.3) is 11.1 Å². The minimum Gasteiger partial charge on any atom is -0.268 e. The van der Waals surface area contributed by atoms with Gasteiger partial charge in [-0.25, -0.2) is 4.68 Å². The largest absolute Gasteiger partial charge is 0.268 e. The first-order chi connectivity index (χ1) is 5.74. The Hall–Kier alpha value is -1.76. The van der Waals surface area contributed by atoms with Crippen LogP contribution in [0.4, 0.5) is 0 Å². The van der Waals surface area contributed by atoms with E-state index in [0.717, 1.165) is 0 Å². The van der Waals surface area contributed by atoms with Crippen LogP contribution in [0.15, 0.2) is 21.7 Å². The molecule has 0 aliphatic carbocycles. The first kappa shape index (κ1) is 8.34. The third-order valence-corrected chi connectivity index (χ3v) is 1.37. The quantitative estimate of drug-likeness (QED) is 0.602. The Morgan fingerprint density at radius 1 is 1.50 bits per heavy atom. The maximum Gasteiger partial charge on any atom is 0.265 e. The van der Waals surface area contributed by atoms with E-state index in [2.05, 4.69) is 11.0 Å². The van der Waals surface area contributed by atoms with Crippen LogP contribution < -0.4 is 11.1 Å². The van der Waals surface area contributed by atoms with Crippen molar-refractivity contribution in [2.75, 3.05) is 0 Å². The van der Waals surface area contributed by atoms with Crippen LogP contribution in [0.1, 0.15) is 6.42 Å². The second-order valence-corrected chi connectivity index (χ2v) is 2.25. The van der Waals surface area contributed by atoms with E-state index in [4.69, 9.17) is 6.42 Å². The van der Waals surface area contributed by atoms with E-state index < -0.39 is 0 Å². The van der Waals surface area contributed by atoms with Crippen molar-refractivity contribution < 1.29 is 0 Å². The molecule has 0 fully saturated rings. The lowest BCUT2D eigenvalue weighted by Crippen LogP contribution is -2.27. The standard InChI is InChI=1S/C8H8N2O2/c1-2-3-6-10-8(12)5-4-7(11)9-10/h1,4-5H,3,6H2,(H,9,11). The summed E-state index contributed by atoms with van der Waals surface area (Å²) in [5.41, 5.74) is -0.545. The summed E-state index contributed by atoms with van der Waals surface area (Å²) in [6.45, 7) is 0.353. The van der Waals surface area contributed by atoms with Gasteiger partial charge in [-0.3, -0.25) is 14.7 Å². The number of rotatable bonds is 2. The Kier molecular flexibility index (Phi) is 2.49. The number of aromatic amines is 1. The molecule has 1 aromatic heterocycles. The molecule has 0 aliphatic heterocycles. The van der Waals surface area contributed by atoms with Gasteiger partial charge in [0.1, 0.15) is 0 Å². The topological polar surface area (TPSA) is 54.9 Å². The molecule has 0 amide bonds. The zero-order valence-electron chi connectivity index (χ0n) is 6.41. The van der Waals surface area contributed by atoms with Crippen molar-refractivity contribution in [1.82, 2.24) is 9.78 Å². The smallest absolute Gasteiger partial charge is 0.265 e. The van der Waals surface area contributed by atoms with Gasteiger partial charge in [-0.15, -0.1) is 12.3 Å². The highest BCUT2D eigenvalue weighted by Gasteiger charge is 1.93. The minimum atomic E-state index is -0.299. The third kappa shape index (κ3) is 1.86. The molecule has 0 saturated carbocycles. The number of nitrogens with zero attached hydrogens (tertiary/aromatic N) is 1. The van der Waals surface area contributed by atoms with Gasteiger partial charge in [-0.1, -0.05) is 0 Å². The molecule has 0 atom stereocenters. The molecule has 0 saturated heterocycles. The van der Waals surface area contributed by atoms with E-state index in [9.17, 15) is 9.59 Å². The fraction of sp³-hybridized carbons (Fsp3) is 0.250. The molecule has 0 aliphatic rings. The van der Waals surface area contributed by atoms with Gasteiger partial charge in [0.05, 0.1) is 6.54 Å². The molecule has 4 heteroatoms. The highest BCUT2D eigenvalue weighted by atomic mass is 16.1. The predicted molar refractivity (Wildman–Crippen MR) is 44.8 cm³/mol. The molecule has 62 valence electrons.